The minimum atomic E-state index is -0.622. The van der Waals surface area contributed by atoms with Gasteiger partial charge in [0, 0.05) is 0 Å². The third kappa shape index (κ3) is 1.12. The number of nitrogens with zero attached hydrogens (tertiary/aromatic N) is 1. The van der Waals surface area contributed by atoms with E-state index in [0.29, 0.717) is 0 Å². The van der Waals surface area contributed by atoms with Crippen LogP contribution in [0.25, 0.3) is 0 Å². The molecule has 0 saturated heterocycles. The van der Waals surface area contributed by atoms with Crippen LogP contribution in [0.5, 0.6) is 11.5 Å². The van der Waals surface area contributed by atoms with E-state index in [9.17, 15) is 10.1 Å². The third-order valence-electron chi connectivity index (χ3n) is 1.82. The van der Waals surface area contributed by atoms with Crippen LogP contribution in [-0.2, 0) is 0 Å². The average Bonchev–Trinajstić information content (AvgIpc) is 2.58. The van der Waals surface area contributed by atoms with Crippen molar-refractivity contribution in [2.24, 2.45) is 0 Å². The van der Waals surface area contributed by atoms with E-state index in [4.69, 9.17) is 26.8 Å². The smallest absolute Gasteiger partial charge is 0.297 e. The van der Waals surface area contributed by atoms with Crippen LogP contribution >= 0.6 is 11.6 Å². The van der Waals surface area contributed by atoms with Crippen LogP contribution in [0.2, 0.25) is 5.02 Å². The van der Waals surface area contributed by atoms with Gasteiger partial charge in [-0.25, -0.2) is 0 Å². The number of nitro benzene ring substituents is 1. The second-order valence-electron chi connectivity index (χ2n) is 2.61. The summed E-state index contributed by atoms with van der Waals surface area (Å²) in [6.07, 6.45) is 0. The number of rotatable bonds is 1. The van der Waals surface area contributed by atoms with E-state index in [0.717, 1.165) is 0 Å². The van der Waals surface area contributed by atoms with E-state index in [1.165, 1.54) is 6.07 Å². The number of nitrogen functional groups attached to an aromatic ring is 1. The number of nitro groups is 1. The molecule has 1 aromatic rings. The maximum absolute atomic E-state index is 10.5. The number of hydrogen-bond donors (Lipinski definition) is 1. The van der Waals surface area contributed by atoms with E-state index in [1.54, 1.807) is 0 Å². The summed E-state index contributed by atoms with van der Waals surface area (Å²) in [6, 6.07) is 1.20. The van der Waals surface area contributed by atoms with E-state index in [2.05, 4.69) is 0 Å². The van der Waals surface area contributed by atoms with Crippen LogP contribution in [0.3, 0.4) is 0 Å². The number of fused-ring (bicyclic) bond motifs is 1. The van der Waals surface area contributed by atoms with Crippen molar-refractivity contribution in [3.63, 3.8) is 0 Å². The number of nitrogens with two attached hydrogens (primary N) is 1. The first-order chi connectivity index (χ1) is 6.61. The largest absolute Gasteiger partial charge is 0.453 e. The van der Waals surface area contributed by atoms with Crippen molar-refractivity contribution in [2.75, 3.05) is 12.5 Å². The molecule has 0 aliphatic carbocycles. The molecule has 0 unspecified atom stereocenters. The molecule has 0 aromatic heterocycles. The highest BCUT2D eigenvalue weighted by molar-refractivity contribution is 6.35. The highest BCUT2D eigenvalue weighted by atomic mass is 35.5. The van der Waals surface area contributed by atoms with E-state index >= 15 is 0 Å². The molecule has 2 N–H and O–H groups in total. The fourth-order valence-electron chi connectivity index (χ4n) is 1.16. The van der Waals surface area contributed by atoms with Gasteiger partial charge in [-0.1, -0.05) is 11.6 Å². The van der Waals surface area contributed by atoms with E-state index in [-0.39, 0.29) is 34.7 Å². The summed E-state index contributed by atoms with van der Waals surface area (Å²) in [5, 5.41) is 10.6. The molecule has 1 aliphatic heterocycles. The first kappa shape index (κ1) is 8.89. The van der Waals surface area contributed by atoms with Crippen molar-refractivity contribution in [1.82, 2.24) is 0 Å². The Kier molecular flexibility index (Phi) is 1.85. The normalized spacial score (nSPS) is 12.9. The van der Waals surface area contributed by atoms with Gasteiger partial charge in [-0.05, 0) is 0 Å². The molecule has 0 amide bonds. The summed E-state index contributed by atoms with van der Waals surface area (Å²) < 4.78 is 9.95. The molecular formula is C7H5ClN2O4. The number of ether oxygens (including phenoxy) is 2. The van der Waals surface area contributed by atoms with Gasteiger partial charge in [0.25, 0.3) is 5.69 Å². The zero-order chi connectivity index (χ0) is 10.3. The molecule has 2 rings (SSSR count). The van der Waals surface area contributed by atoms with Gasteiger partial charge in [-0.2, -0.15) is 0 Å². The summed E-state index contributed by atoms with van der Waals surface area (Å²) in [7, 11) is 0. The Morgan fingerprint density at radius 3 is 2.93 bits per heavy atom. The van der Waals surface area contributed by atoms with Crippen molar-refractivity contribution >= 4 is 23.0 Å². The first-order valence-electron chi connectivity index (χ1n) is 3.63. The summed E-state index contributed by atoms with van der Waals surface area (Å²) in [5.41, 5.74) is 5.06. The SMILES string of the molecule is Nc1c([N+](=O)[O-])cc2c(c1Cl)OCO2. The lowest BCUT2D eigenvalue weighted by Gasteiger charge is -2.02. The van der Waals surface area contributed by atoms with Gasteiger partial charge in [0.05, 0.1) is 11.0 Å². The first-order valence-corrected chi connectivity index (χ1v) is 4.01. The van der Waals surface area contributed by atoms with Crippen LogP contribution in [0, 0.1) is 10.1 Å². The standard InChI is InChI=1S/C7H5ClN2O4/c8-5-6(9)3(10(11)12)1-4-7(5)14-2-13-4/h1H,2,9H2. The van der Waals surface area contributed by atoms with Crippen LogP contribution in [0.1, 0.15) is 0 Å². The Labute approximate surface area is 83.3 Å². The molecule has 1 aliphatic rings. The van der Waals surface area contributed by atoms with Gasteiger partial charge >= 0.3 is 0 Å². The Bertz CT molecular complexity index is 421. The lowest BCUT2D eigenvalue weighted by atomic mass is 10.2. The molecule has 6 nitrogen and oxygen atoms in total. The summed E-state index contributed by atoms with van der Waals surface area (Å²) in [5.74, 6) is 0.505. The monoisotopic (exact) mass is 216 g/mol. The van der Waals surface area contributed by atoms with Crippen molar-refractivity contribution in [3.8, 4) is 11.5 Å². The Balaban J connectivity index is 2.67. The second-order valence-corrected chi connectivity index (χ2v) is 2.99. The highest BCUT2D eigenvalue weighted by Crippen LogP contribution is 2.46. The van der Waals surface area contributed by atoms with Gasteiger partial charge in [0.15, 0.2) is 11.5 Å². The topological polar surface area (TPSA) is 87.6 Å². The van der Waals surface area contributed by atoms with Crippen LogP contribution < -0.4 is 15.2 Å². The molecule has 7 heteroatoms. The fraction of sp³-hybridized carbons (Fsp3) is 0.143. The number of hydrogen-bond acceptors (Lipinski definition) is 5. The molecule has 0 bridgehead atoms. The van der Waals surface area contributed by atoms with Crippen molar-refractivity contribution < 1.29 is 14.4 Å². The van der Waals surface area contributed by atoms with Gasteiger partial charge in [-0.15, -0.1) is 0 Å². The number of halogens is 1. The van der Waals surface area contributed by atoms with Crippen LogP contribution in [0.4, 0.5) is 11.4 Å². The van der Waals surface area contributed by atoms with Gasteiger partial charge in [0.1, 0.15) is 10.7 Å². The van der Waals surface area contributed by atoms with Crippen molar-refractivity contribution in [2.45, 2.75) is 0 Å². The fourth-order valence-corrected chi connectivity index (χ4v) is 1.40. The van der Waals surface area contributed by atoms with E-state index < -0.39 is 4.92 Å². The lowest BCUT2D eigenvalue weighted by Crippen LogP contribution is -1.96. The zero-order valence-corrected chi connectivity index (χ0v) is 7.58. The Hall–Kier alpha value is -1.69. The number of anilines is 1. The number of benzene rings is 1. The molecule has 0 atom stereocenters. The zero-order valence-electron chi connectivity index (χ0n) is 6.82. The Morgan fingerprint density at radius 1 is 1.57 bits per heavy atom. The summed E-state index contributed by atoms with van der Waals surface area (Å²) in [4.78, 5) is 9.92. The molecule has 74 valence electrons. The third-order valence-corrected chi connectivity index (χ3v) is 2.19. The highest BCUT2D eigenvalue weighted by Gasteiger charge is 2.26. The van der Waals surface area contributed by atoms with E-state index in [1.807, 2.05) is 0 Å². The molecule has 1 aromatic carbocycles. The minimum Gasteiger partial charge on any atom is -0.453 e. The molecule has 1 heterocycles. The molecule has 0 saturated carbocycles. The predicted octanol–water partition coefficient (Wildman–Crippen LogP) is 1.56. The van der Waals surface area contributed by atoms with Crippen molar-refractivity contribution in [1.29, 1.82) is 0 Å². The van der Waals surface area contributed by atoms with Crippen molar-refractivity contribution in [3.05, 3.63) is 21.2 Å². The molecule has 0 spiro atoms. The molecular weight excluding hydrogens is 212 g/mol. The maximum Gasteiger partial charge on any atom is 0.297 e. The molecule has 0 fully saturated rings. The lowest BCUT2D eigenvalue weighted by molar-refractivity contribution is -0.383. The van der Waals surface area contributed by atoms with Gasteiger partial charge in [-0.3, -0.25) is 10.1 Å². The van der Waals surface area contributed by atoms with Crippen LogP contribution in [0.15, 0.2) is 6.07 Å². The maximum atomic E-state index is 10.5. The van der Waals surface area contributed by atoms with Gasteiger partial charge in [0.2, 0.25) is 6.79 Å². The minimum absolute atomic E-state index is 0.00430. The quantitative estimate of drug-likeness (QED) is 0.437. The van der Waals surface area contributed by atoms with Crippen LogP contribution in [-0.4, -0.2) is 11.7 Å². The van der Waals surface area contributed by atoms with Gasteiger partial charge < -0.3 is 15.2 Å². The molecule has 14 heavy (non-hydrogen) atoms. The predicted molar refractivity (Wildman–Crippen MR) is 48.6 cm³/mol. The Morgan fingerprint density at radius 2 is 2.29 bits per heavy atom. The molecule has 0 radical (unpaired) electrons. The average molecular weight is 217 g/mol. The summed E-state index contributed by atoms with van der Waals surface area (Å²) in [6.45, 7) is -0.00430. The second kappa shape index (κ2) is 2.91. The summed E-state index contributed by atoms with van der Waals surface area (Å²) >= 11 is 5.75.